The van der Waals surface area contributed by atoms with Gasteiger partial charge in [-0.25, -0.2) is 0 Å². The molecule has 5 rings (SSSR count). The maximum Gasteiger partial charge on any atom is 0.309 e. The number of hydrogen-bond donors (Lipinski definition) is 3. The molecule has 0 saturated heterocycles. The van der Waals surface area contributed by atoms with Gasteiger partial charge in [0.1, 0.15) is 17.6 Å². The smallest absolute Gasteiger partial charge is 0.309 e. The van der Waals surface area contributed by atoms with Gasteiger partial charge in [-0.05, 0) is 96.0 Å². The fourth-order valence-corrected chi connectivity index (χ4v) is 7.15. The van der Waals surface area contributed by atoms with Crippen LogP contribution in [0.3, 0.4) is 0 Å². The summed E-state index contributed by atoms with van der Waals surface area (Å²) >= 11 is 0. The maximum absolute atomic E-state index is 13.7. The topological polar surface area (TPSA) is 138 Å². The first-order valence-corrected chi connectivity index (χ1v) is 14.2. The highest BCUT2D eigenvalue weighted by Gasteiger charge is 2.52. The van der Waals surface area contributed by atoms with E-state index in [4.69, 9.17) is 9.47 Å². The Morgan fingerprint density at radius 3 is 2.31 bits per heavy atom. The van der Waals surface area contributed by atoms with E-state index in [0.29, 0.717) is 25.7 Å². The lowest BCUT2D eigenvalue weighted by molar-refractivity contribution is -0.150. The van der Waals surface area contributed by atoms with Crippen LogP contribution in [-0.4, -0.2) is 47.7 Å². The summed E-state index contributed by atoms with van der Waals surface area (Å²) in [6, 6.07) is 4.94. The van der Waals surface area contributed by atoms with Crippen molar-refractivity contribution in [2.24, 2.45) is 23.2 Å². The van der Waals surface area contributed by atoms with Crippen LogP contribution in [0.4, 0.5) is 0 Å². The van der Waals surface area contributed by atoms with Crippen molar-refractivity contribution in [1.29, 1.82) is 5.26 Å². The molecule has 210 valence electrons. The number of carbonyl (C=O) groups excluding carboxylic acids is 2. The molecule has 0 unspecified atom stereocenters. The molecule has 4 saturated carbocycles. The first-order valence-electron chi connectivity index (χ1n) is 14.2. The predicted molar refractivity (Wildman–Crippen MR) is 142 cm³/mol. The van der Waals surface area contributed by atoms with E-state index >= 15 is 0 Å². The number of nitrogens with one attached hydrogen (secondary N) is 2. The second kappa shape index (κ2) is 10.4. The second-order valence-electron chi connectivity index (χ2n) is 12.6. The molecule has 0 heterocycles. The number of fused-ring (bicyclic) bond motifs is 2. The highest BCUT2D eigenvalue weighted by atomic mass is 16.5. The van der Waals surface area contributed by atoms with Crippen molar-refractivity contribution in [3.8, 4) is 17.6 Å². The lowest BCUT2D eigenvalue weighted by atomic mass is 9.75. The summed E-state index contributed by atoms with van der Waals surface area (Å²) in [6.45, 7) is 3.84. The fourth-order valence-electron chi connectivity index (χ4n) is 7.15. The molecule has 9 nitrogen and oxygen atoms in total. The zero-order chi connectivity index (χ0) is 27.9. The zero-order valence-electron chi connectivity index (χ0n) is 23.0. The number of nitriles is 1. The third kappa shape index (κ3) is 5.18. The van der Waals surface area contributed by atoms with Crippen LogP contribution in [0.5, 0.6) is 11.5 Å². The Kier molecular flexibility index (Phi) is 7.25. The van der Waals surface area contributed by atoms with Gasteiger partial charge in [0.15, 0.2) is 0 Å². The van der Waals surface area contributed by atoms with Crippen LogP contribution in [0.2, 0.25) is 0 Å². The summed E-state index contributed by atoms with van der Waals surface area (Å²) in [5.41, 5.74) is -0.411. The Morgan fingerprint density at radius 1 is 1.03 bits per heavy atom. The SMILES string of the molecule is COc1cc(C#N)c(OC2CCC(C)(C(=O)O)CC2)cc1C(=O)N[C@@H]1[C@H]2CC[C@H](C2)[C@@H]1C(=O)NC1(C)CCC1. The molecule has 39 heavy (non-hydrogen) atoms. The van der Waals surface area contributed by atoms with E-state index in [0.717, 1.165) is 38.5 Å². The fraction of sp³-hybridized carbons (Fsp3) is 0.667. The molecule has 2 bridgehead atoms. The number of methoxy groups -OCH3 is 1. The largest absolute Gasteiger partial charge is 0.496 e. The Labute approximate surface area is 229 Å². The molecule has 2 amide bonds. The maximum atomic E-state index is 13.7. The molecule has 4 fully saturated rings. The molecule has 4 aliphatic rings. The normalized spacial score (nSPS) is 32.4. The molecule has 0 radical (unpaired) electrons. The Morgan fingerprint density at radius 2 is 1.72 bits per heavy atom. The molecule has 4 atom stereocenters. The van der Waals surface area contributed by atoms with Crippen LogP contribution < -0.4 is 20.1 Å². The van der Waals surface area contributed by atoms with Crippen LogP contribution in [-0.2, 0) is 9.59 Å². The Bertz CT molecular complexity index is 1190. The zero-order valence-corrected chi connectivity index (χ0v) is 23.0. The predicted octanol–water partition coefficient (Wildman–Crippen LogP) is 4.18. The van der Waals surface area contributed by atoms with Crippen molar-refractivity contribution >= 4 is 17.8 Å². The molecule has 3 N–H and O–H groups in total. The Balaban J connectivity index is 1.33. The van der Waals surface area contributed by atoms with Crippen LogP contribution in [0.25, 0.3) is 0 Å². The first kappa shape index (κ1) is 27.3. The van der Waals surface area contributed by atoms with Gasteiger partial charge in [0.2, 0.25) is 5.91 Å². The highest BCUT2D eigenvalue weighted by molar-refractivity contribution is 5.98. The number of rotatable bonds is 8. The van der Waals surface area contributed by atoms with E-state index in [9.17, 15) is 24.8 Å². The van der Waals surface area contributed by atoms with E-state index in [2.05, 4.69) is 23.6 Å². The van der Waals surface area contributed by atoms with Gasteiger partial charge >= 0.3 is 5.97 Å². The molecule has 0 spiro atoms. The van der Waals surface area contributed by atoms with Gasteiger partial charge in [-0.15, -0.1) is 0 Å². The highest BCUT2D eigenvalue weighted by Crippen LogP contribution is 2.49. The number of benzene rings is 1. The van der Waals surface area contributed by atoms with Crippen molar-refractivity contribution in [3.63, 3.8) is 0 Å². The average Bonchev–Trinajstić information content (AvgIpc) is 3.50. The lowest BCUT2D eigenvalue weighted by Gasteiger charge is -2.41. The summed E-state index contributed by atoms with van der Waals surface area (Å²) in [4.78, 5) is 38.6. The van der Waals surface area contributed by atoms with E-state index in [1.54, 1.807) is 13.0 Å². The quantitative estimate of drug-likeness (QED) is 0.452. The monoisotopic (exact) mass is 537 g/mol. The van der Waals surface area contributed by atoms with E-state index in [-0.39, 0.29) is 69.9 Å². The van der Waals surface area contributed by atoms with E-state index < -0.39 is 11.4 Å². The third-order valence-electron chi connectivity index (χ3n) is 9.91. The standard InChI is InChI=1S/C30H39N3O6/c1-29(28(36)37)11-7-20(8-12-29)39-22-15-21(23(38-3)14-19(22)16-31)26(34)32-25-18-6-5-17(13-18)24(25)27(35)33-30(2)9-4-10-30/h14-15,17-18,20,24-25H,4-13H2,1-3H3,(H,32,34)(H,33,35)(H,36,37)/t17-,18+,20?,24+,25-,29?/m1/s1. The van der Waals surface area contributed by atoms with Gasteiger partial charge < -0.3 is 25.2 Å². The van der Waals surface area contributed by atoms with Crippen molar-refractivity contribution in [3.05, 3.63) is 23.3 Å². The molecule has 1 aromatic rings. The van der Waals surface area contributed by atoms with E-state index in [1.165, 1.54) is 13.2 Å². The number of carbonyl (C=O) groups is 3. The van der Waals surface area contributed by atoms with Gasteiger partial charge in [-0.1, -0.05) is 0 Å². The van der Waals surface area contributed by atoms with Crippen LogP contribution in [0, 0.1) is 34.5 Å². The number of aliphatic carboxylic acids is 1. The van der Waals surface area contributed by atoms with Crippen LogP contribution in [0.15, 0.2) is 12.1 Å². The van der Waals surface area contributed by atoms with Crippen molar-refractivity contribution in [1.82, 2.24) is 10.6 Å². The molecule has 0 aliphatic heterocycles. The van der Waals surface area contributed by atoms with Crippen molar-refractivity contribution in [2.75, 3.05) is 7.11 Å². The number of carboxylic acids is 1. The summed E-state index contributed by atoms with van der Waals surface area (Å²) < 4.78 is 11.7. The number of nitrogens with zero attached hydrogens (tertiary/aromatic N) is 1. The minimum atomic E-state index is -0.809. The van der Waals surface area contributed by atoms with Crippen molar-refractivity contribution in [2.45, 2.75) is 95.7 Å². The number of amides is 2. The number of hydrogen-bond acceptors (Lipinski definition) is 6. The summed E-state index contributed by atoms with van der Waals surface area (Å²) in [5, 5.41) is 25.7. The third-order valence-corrected chi connectivity index (χ3v) is 9.91. The van der Waals surface area contributed by atoms with Gasteiger partial charge in [0.05, 0.1) is 35.7 Å². The molecule has 9 heteroatoms. The number of carboxylic acid groups (broad SMARTS) is 1. The van der Waals surface area contributed by atoms with Crippen LogP contribution >= 0.6 is 0 Å². The molecule has 0 aromatic heterocycles. The van der Waals surface area contributed by atoms with Crippen LogP contribution in [0.1, 0.15) is 94.0 Å². The van der Waals surface area contributed by atoms with Gasteiger partial charge in [-0.2, -0.15) is 5.26 Å². The molecule has 1 aromatic carbocycles. The minimum Gasteiger partial charge on any atom is -0.496 e. The lowest BCUT2D eigenvalue weighted by Crippen LogP contribution is -2.57. The summed E-state index contributed by atoms with van der Waals surface area (Å²) in [5.74, 6) is -0.294. The first-order chi connectivity index (χ1) is 18.6. The summed E-state index contributed by atoms with van der Waals surface area (Å²) in [7, 11) is 1.45. The van der Waals surface area contributed by atoms with Gasteiger partial charge in [0.25, 0.3) is 5.91 Å². The molecular weight excluding hydrogens is 498 g/mol. The second-order valence-corrected chi connectivity index (χ2v) is 12.6. The number of ether oxygens (including phenoxy) is 2. The average molecular weight is 538 g/mol. The van der Waals surface area contributed by atoms with Gasteiger partial charge in [-0.3, -0.25) is 14.4 Å². The van der Waals surface area contributed by atoms with Gasteiger partial charge in [0, 0.05) is 17.6 Å². The van der Waals surface area contributed by atoms with Crippen molar-refractivity contribution < 1.29 is 29.0 Å². The minimum absolute atomic E-state index is 0.0381. The molecular formula is C30H39N3O6. The Hall–Kier alpha value is -3.28. The summed E-state index contributed by atoms with van der Waals surface area (Å²) in [6.07, 6.45) is 7.82. The molecule has 4 aliphatic carbocycles. The van der Waals surface area contributed by atoms with E-state index in [1.807, 2.05) is 0 Å².